The SMILES string of the molecule is O=C(O)CCCCN(CCc1cc(F)ccc1OCc1ccc(-c2ccc(C(F)(F)F)cc2)cc1)Cc1ccc(C(=O)O)cc1. The first-order chi connectivity index (χ1) is 21.5. The lowest BCUT2D eigenvalue weighted by molar-refractivity contribution is -0.138. The summed E-state index contributed by atoms with van der Waals surface area (Å²) in [4.78, 5) is 24.3. The van der Waals surface area contributed by atoms with Crippen molar-refractivity contribution in [2.45, 2.75) is 45.0 Å². The molecule has 0 aliphatic heterocycles. The van der Waals surface area contributed by atoms with Gasteiger partial charge in [0.25, 0.3) is 0 Å². The summed E-state index contributed by atoms with van der Waals surface area (Å²) in [6.07, 6.45) is -2.72. The summed E-state index contributed by atoms with van der Waals surface area (Å²) in [5, 5.41) is 18.2. The van der Waals surface area contributed by atoms with Gasteiger partial charge in [0.1, 0.15) is 18.2 Å². The zero-order valence-electron chi connectivity index (χ0n) is 24.4. The molecule has 0 bridgehead atoms. The van der Waals surface area contributed by atoms with Crippen molar-refractivity contribution in [2.24, 2.45) is 0 Å². The third kappa shape index (κ3) is 10.2. The molecule has 0 aromatic heterocycles. The van der Waals surface area contributed by atoms with E-state index >= 15 is 0 Å². The first-order valence-corrected chi connectivity index (χ1v) is 14.4. The van der Waals surface area contributed by atoms with Gasteiger partial charge in [-0.15, -0.1) is 0 Å². The number of aromatic carboxylic acids is 1. The van der Waals surface area contributed by atoms with Gasteiger partial charge in [0.15, 0.2) is 0 Å². The molecule has 0 saturated heterocycles. The zero-order valence-corrected chi connectivity index (χ0v) is 24.4. The average Bonchev–Trinajstić information content (AvgIpc) is 3.01. The van der Waals surface area contributed by atoms with Crippen LogP contribution in [0.2, 0.25) is 0 Å². The fraction of sp³-hybridized carbons (Fsp3) is 0.257. The highest BCUT2D eigenvalue weighted by molar-refractivity contribution is 5.87. The normalized spacial score (nSPS) is 11.5. The number of carbonyl (C=O) groups is 2. The van der Waals surface area contributed by atoms with Crippen molar-refractivity contribution in [1.82, 2.24) is 4.90 Å². The first kappa shape index (κ1) is 33.2. The van der Waals surface area contributed by atoms with E-state index < -0.39 is 29.5 Å². The second-order valence-electron chi connectivity index (χ2n) is 10.7. The maximum atomic E-state index is 14.3. The number of aliphatic carboxylic acids is 1. The molecule has 0 radical (unpaired) electrons. The van der Waals surface area contributed by atoms with Crippen LogP contribution in [0.15, 0.2) is 91.0 Å². The number of halogens is 4. The van der Waals surface area contributed by atoms with Crippen molar-refractivity contribution in [3.8, 4) is 16.9 Å². The molecule has 45 heavy (non-hydrogen) atoms. The monoisotopic (exact) mass is 623 g/mol. The van der Waals surface area contributed by atoms with Crippen molar-refractivity contribution in [3.63, 3.8) is 0 Å². The molecule has 0 atom stereocenters. The molecular weight excluding hydrogens is 590 g/mol. The van der Waals surface area contributed by atoms with Crippen LogP contribution in [0, 0.1) is 5.82 Å². The molecule has 0 amide bonds. The highest BCUT2D eigenvalue weighted by Gasteiger charge is 2.30. The van der Waals surface area contributed by atoms with Gasteiger partial charge in [-0.05, 0) is 96.1 Å². The Bertz CT molecular complexity index is 1570. The van der Waals surface area contributed by atoms with Crippen molar-refractivity contribution in [1.29, 1.82) is 0 Å². The number of alkyl halides is 3. The number of hydrogen-bond acceptors (Lipinski definition) is 4. The summed E-state index contributed by atoms with van der Waals surface area (Å²) < 4.78 is 59.0. The van der Waals surface area contributed by atoms with Crippen molar-refractivity contribution < 1.29 is 42.1 Å². The molecule has 0 spiro atoms. The summed E-state index contributed by atoms with van der Waals surface area (Å²) in [6, 6.07) is 23.1. The number of carboxylic acid groups (broad SMARTS) is 2. The van der Waals surface area contributed by atoms with Crippen LogP contribution < -0.4 is 4.74 Å². The second kappa shape index (κ2) is 15.3. The lowest BCUT2D eigenvalue weighted by Crippen LogP contribution is -2.27. The van der Waals surface area contributed by atoms with E-state index in [1.165, 1.54) is 36.4 Å². The van der Waals surface area contributed by atoms with E-state index in [0.717, 1.165) is 28.8 Å². The van der Waals surface area contributed by atoms with Crippen molar-refractivity contribution in [2.75, 3.05) is 13.1 Å². The first-order valence-electron chi connectivity index (χ1n) is 14.4. The number of benzene rings is 4. The van der Waals surface area contributed by atoms with Crippen LogP contribution in [-0.4, -0.2) is 40.1 Å². The molecule has 4 rings (SSSR count). The van der Waals surface area contributed by atoms with E-state index in [1.807, 2.05) is 12.1 Å². The molecule has 236 valence electrons. The third-order valence-corrected chi connectivity index (χ3v) is 7.34. The summed E-state index contributed by atoms with van der Waals surface area (Å²) in [6.45, 7) is 1.82. The molecule has 10 heteroatoms. The molecule has 4 aromatic rings. The van der Waals surface area contributed by atoms with Gasteiger partial charge >= 0.3 is 18.1 Å². The molecule has 0 unspecified atom stereocenters. The number of rotatable bonds is 15. The van der Waals surface area contributed by atoms with Gasteiger partial charge in [-0.2, -0.15) is 13.2 Å². The predicted molar refractivity (Wildman–Crippen MR) is 161 cm³/mol. The van der Waals surface area contributed by atoms with E-state index in [2.05, 4.69) is 4.90 Å². The van der Waals surface area contributed by atoms with Crippen LogP contribution in [0.5, 0.6) is 5.75 Å². The molecule has 0 aliphatic carbocycles. The van der Waals surface area contributed by atoms with Crippen molar-refractivity contribution >= 4 is 11.9 Å². The van der Waals surface area contributed by atoms with E-state index in [0.29, 0.717) is 55.8 Å². The Morgan fingerprint density at radius 2 is 1.38 bits per heavy atom. The summed E-state index contributed by atoms with van der Waals surface area (Å²) in [5.74, 6) is -1.77. The van der Waals surface area contributed by atoms with Crippen LogP contribution in [0.4, 0.5) is 17.6 Å². The quantitative estimate of drug-likeness (QED) is 0.103. The Labute approximate surface area is 258 Å². The number of carboxylic acids is 2. The maximum absolute atomic E-state index is 14.3. The van der Waals surface area contributed by atoms with Crippen LogP contribution >= 0.6 is 0 Å². The van der Waals surface area contributed by atoms with Gasteiger partial charge in [-0.1, -0.05) is 48.5 Å². The number of hydrogen-bond donors (Lipinski definition) is 2. The van der Waals surface area contributed by atoms with E-state index in [9.17, 15) is 32.3 Å². The van der Waals surface area contributed by atoms with Crippen LogP contribution in [0.25, 0.3) is 11.1 Å². The molecule has 4 aromatic carbocycles. The molecule has 2 N–H and O–H groups in total. The van der Waals surface area contributed by atoms with Gasteiger partial charge in [-0.3, -0.25) is 9.69 Å². The number of unbranched alkanes of at least 4 members (excludes halogenated alkanes) is 1. The van der Waals surface area contributed by atoms with Gasteiger partial charge in [0, 0.05) is 19.5 Å². The molecule has 0 saturated carbocycles. The third-order valence-electron chi connectivity index (χ3n) is 7.34. The minimum absolute atomic E-state index is 0.0638. The fourth-order valence-electron chi connectivity index (χ4n) is 4.86. The van der Waals surface area contributed by atoms with Crippen LogP contribution in [-0.2, 0) is 30.5 Å². The van der Waals surface area contributed by atoms with E-state index in [4.69, 9.17) is 9.84 Å². The standard InChI is InChI=1S/C35H33F4NO5/c36-31-16-17-32(45-23-25-6-8-26(9-7-25)27-12-14-30(15-13-27)35(37,38)39)29(21-31)18-20-40(19-2-1-3-33(41)42)22-24-4-10-28(11-5-24)34(43)44/h4-17,21H,1-3,18-20,22-23H2,(H,41,42)(H,43,44). The topological polar surface area (TPSA) is 87.1 Å². The fourth-order valence-corrected chi connectivity index (χ4v) is 4.86. The average molecular weight is 624 g/mol. The van der Waals surface area contributed by atoms with Gasteiger partial charge in [0.05, 0.1) is 11.1 Å². The lowest BCUT2D eigenvalue weighted by atomic mass is 10.0. The zero-order chi connectivity index (χ0) is 32.4. The molecule has 6 nitrogen and oxygen atoms in total. The highest BCUT2D eigenvalue weighted by atomic mass is 19.4. The Balaban J connectivity index is 1.40. The lowest BCUT2D eigenvalue weighted by Gasteiger charge is -2.23. The van der Waals surface area contributed by atoms with Crippen LogP contribution in [0.3, 0.4) is 0 Å². The molecule has 0 heterocycles. The largest absolute Gasteiger partial charge is 0.489 e. The summed E-state index contributed by atoms with van der Waals surface area (Å²) in [5.41, 5.74) is 3.27. The second-order valence-corrected chi connectivity index (χ2v) is 10.7. The van der Waals surface area contributed by atoms with Crippen molar-refractivity contribution in [3.05, 3.63) is 125 Å². The Hall–Kier alpha value is -4.70. The number of ether oxygens (including phenoxy) is 1. The Morgan fingerprint density at radius 1 is 0.756 bits per heavy atom. The minimum Gasteiger partial charge on any atom is -0.489 e. The van der Waals surface area contributed by atoms with Crippen LogP contribution in [0.1, 0.15) is 51.9 Å². The summed E-state index contributed by atoms with van der Waals surface area (Å²) >= 11 is 0. The van der Waals surface area contributed by atoms with E-state index in [1.54, 1.807) is 30.3 Å². The molecular formula is C35H33F4NO5. The van der Waals surface area contributed by atoms with E-state index in [-0.39, 0.29) is 18.6 Å². The summed E-state index contributed by atoms with van der Waals surface area (Å²) in [7, 11) is 0. The number of nitrogens with zero attached hydrogens (tertiary/aromatic N) is 1. The smallest absolute Gasteiger partial charge is 0.416 e. The predicted octanol–water partition coefficient (Wildman–Crippen LogP) is 8.09. The molecule has 0 aliphatic rings. The maximum Gasteiger partial charge on any atom is 0.416 e. The van der Waals surface area contributed by atoms with Gasteiger partial charge < -0.3 is 14.9 Å². The van der Waals surface area contributed by atoms with Gasteiger partial charge in [0.2, 0.25) is 0 Å². The molecule has 0 fully saturated rings. The Kier molecular flexibility index (Phi) is 11.3. The Morgan fingerprint density at radius 3 is 1.98 bits per heavy atom. The highest BCUT2D eigenvalue weighted by Crippen LogP contribution is 2.31. The minimum atomic E-state index is -4.39. The van der Waals surface area contributed by atoms with Gasteiger partial charge in [-0.25, -0.2) is 9.18 Å².